The van der Waals surface area contributed by atoms with E-state index in [2.05, 4.69) is 14.9 Å². The molecule has 1 atom stereocenters. The van der Waals surface area contributed by atoms with Gasteiger partial charge in [-0.05, 0) is 6.42 Å². The molecule has 1 unspecified atom stereocenters. The molecule has 0 fully saturated rings. The first-order valence-electron chi connectivity index (χ1n) is 5.76. The first-order valence-corrected chi connectivity index (χ1v) is 5.76. The van der Waals surface area contributed by atoms with Crippen molar-refractivity contribution in [2.75, 3.05) is 13.2 Å². The minimum absolute atomic E-state index is 0.0445. The normalized spacial score (nSPS) is 13.2. The van der Waals surface area contributed by atoms with Crippen molar-refractivity contribution < 1.29 is 22.4 Å². The quantitative estimate of drug-likeness (QED) is 0.716. The molecule has 0 saturated carbocycles. The van der Waals surface area contributed by atoms with Crippen LogP contribution in [-0.4, -0.2) is 29.5 Å². The average molecular weight is 277 g/mol. The van der Waals surface area contributed by atoms with Gasteiger partial charge in [0, 0.05) is 18.8 Å². The lowest BCUT2D eigenvalue weighted by atomic mass is 10.1. The van der Waals surface area contributed by atoms with Crippen molar-refractivity contribution in [3.8, 4) is 6.07 Å². The fourth-order valence-corrected chi connectivity index (χ4v) is 1.33. The average Bonchev–Trinajstić information content (AvgIpc) is 2.79. The van der Waals surface area contributed by atoms with Crippen molar-refractivity contribution in [2.24, 2.45) is 0 Å². The fourth-order valence-electron chi connectivity index (χ4n) is 1.33. The lowest BCUT2D eigenvalue weighted by Gasteiger charge is -2.05. The van der Waals surface area contributed by atoms with E-state index in [0.29, 0.717) is 24.6 Å². The lowest BCUT2D eigenvalue weighted by molar-refractivity contribution is -0.173. The van der Waals surface area contributed by atoms with Gasteiger partial charge in [-0.1, -0.05) is 12.1 Å². The van der Waals surface area contributed by atoms with Crippen LogP contribution in [0.2, 0.25) is 0 Å². The number of nitriles is 1. The molecule has 0 bridgehead atoms. The molecule has 106 valence electrons. The summed E-state index contributed by atoms with van der Waals surface area (Å²) in [5, 5.41) is 12.1. The van der Waals surface area contributed by atoms with Gasteiger partial charge < -0.3 is 9.26 Å². The summed E-state index contributed by atoms with van der Waals surface area (Å²) in [4.78, 5) is 4.05. The Morgan fingerprint density at radius 3 is 2.84 bits per heavy atom. The summed E-state index contributed by atoms with van der Waals surface area (Å²) in [6.45, 7) is 0.441. The molecule has 0 aliphatic carbocycles. The van der Waals surface area contributed by atoms with Gasteiger partial charge in [0.1, 0.15) is 6.61 Å². The zero-order valence-electron chi connectivity index (χ0n) is 10.4. The van der Waals surface area contributed by atoms with Gasteiger partial charge in [0.25, 0.3) is 0 Å². The highest BCUT2D eigenvalue weighted by atomic mass is 19.4. The number of hydrogen-bond acceptors (Lipinski definition) is 5. The molecule has 0 amide bonds. The van der Waals surface area contributed by atoms with E-state index in [0.717, 1.165) is 0 Å². The predicted octanol–water partition coefficient (Wildman–Crippen LogP) is 2.60. The lowest BCUT2D eigenvalue weighted by Crippen LogP contribution is -2.18. The predicted molar refractivity (Wildman–Crippen MR) is 58.1 cm³/mol. The summed E-state index contributed by atoms with van der Waals surface area (Å²) >= 11 is 0. The van der Waals surface area contributed by atoms with Crippen LogP contribution < -0.4 is 0 Å². The zero-order valence-corrected chi connectivity index (χ0v) is 10.4. The molecule has 0 aliphatic rings. The molecular formula is C11H14F3N3O2. The third kappa shape index (κ3) is 6.20. The fraction of sp³-hybridized carbons (Fsp3) is 0.727. The number of aromatic nitrogens is 2. The van der Waals surface area contributed by atoms with Gasteiger partial charge in [-0.2, -0.15) is 23.4 Å². The third-order valence-electron chi connectivity index (χ3n) is 2.33. The number of rotatable bonds is 7. The van der Waals surface area contributed by atoms with Crippen molar-refractivity contribution in [1.82, 2.24) is 10.1 Å². The number of alkyl halides is 3. The second-order valence-electron chi connectivity index (χ2n) is 4.06. The standard InChI is InChI=1S/C11H14F3N3O2/c1-8(3-2-5-15)10-16-9(17-19-10)4-6-18-7-11(12,13)14/h8H,2-4,6-7H2,1H3. The van der Waals surface area contributed by atoms with Crippen LogP contribution >= 0.6 is 0 Å². The van der Waals surface area contributed by atoms with Gasteiger partial charge in [0.05, 0.1) is 12.7 Å². The van der Waals surface area contributed by atoms with E-state index >= 15 is 0 Å². The van der Waals surface area contributed by atoms with Gasteiger partial charge in [-0.3, -0.25) is 0 Å². The Balaban J connectivity index is 2.33. The molecule has 8 heteroatoms. The molecule has 0 radical (unpaired) electrons. The number of nitrogens with zero attached hydrogens (tertiary/aromatic N) is 3. The van der Waals surface area contributed by atoms with Gasteiger partial charge >= 0.3 is 6.18 Å². The molecule has 19 heavy (non-hydrogen) atoms. The smallest absolute Gasteiger partial charge is 0.372 e. The maximum atomic E-state index is 11.8. The Bertz CT molecular complexity index is 426. The largest absolute Gasteiger partial charge is 0.411 e. The molecule has 1 aromatic rings. The topological polar surface area (TPSA) is 71.9 Å². The number of ether oxygens (including phenoxy) is 1. The van der Waals surface area contributed by atoms with Crippen molar-refractivity contribution in [2.45, 2.75) is 38.3 Å². The van der Waals surface area contributed by atoms with Crippen molar-refractivity contribution in [1.29, 1.82) is 5.26 Å². The Hall–Kier alpha value is -1.62. The van der Waals surface area contributed by atoms with Crippen LogP contribution in [0.5, 0.6) is 0 Å². The molecular weight excluding hydrogens is 263 g/mol. The highest BCUT2D eigenvalue weighted by molar-refractivity contribution is 4.93. The van der Waals surface area contributed by atoms with E-state index in [4.69, 9.17) is 9.78 Å². The Kier molecular flexibility index (Phi) is 5.76. The van der Waals surface area contributed by atoms with Crippen LogP contribution in [0.1, 0.15) is 37.4 Å². The maximum Gasteiger partial charge on any atom is 0.411 e. The van der Waals surface area contributed by atoms with Gasteiger partial charge in [-0.15, -0.1) is 0 Å². The summed E-state index contributed by atoms with van der Waals surface area (Å²) in [7, 11) is 0. The van der Waals surface area contributed by atoms with Gasteiger partial charge in [0.15, 0.2) is 5.82 Å². The third-order valence-corrected chi connectivity index (χ3v) is 2.33. The van der Waals surface area contributed by atoms with Crippen LogP contribution in [0.3, 0.4) is 0 Å². The first-order chi connectivity index (χ1) is 8.92. The molecule has 1 rings (SSSR count). The van der Waals surface area contributed by atoms with E-state index in [1.807, 2.05) is 13.0 Å². The highest BCUT2D eigenvalue weighted by Crippen LogP contribution is 2.18. The number of hydrogen-bond donors (Lipinski definition) is 0. The summed E-state index contributed by atoms with van der Waals surface area (Å²) in [6, 6.07) is 2.01. The van der Waals surface area contributed by atoms with Crippen LogP contribution in [0, 0.1) is 11.3 Å². The van der Waals surface area contributed by atoms with Crippen LogP contribution in [-0.2, 0) is 11.2 Å². The maximum absolute atomic E-state index is 11.8. The first kappa shape index (κ1) is 15.4. The van der Waals surface area contributed by atoms with Crippen LogP contribution in [0.25, 0.3) is 0 Å². The second kappa shape index (κ2) is 7.09. The molecule has 0 spiro atoms. The van der Waals surface area contributed by atoms with Gasteiger partial charge in [-0.25, -0.2) is 0 Å². The highest BCUT2D eigenvalue weighted by Gasteiger charge is 2.27. The minimum Gasteiger partial charge on any atom is -0.372 e. The number of halogens is 3. The zero-order chi connectivity index (χ0) is 14.3. The summed E-state index contributed by atoms with van der Waals surface area (Å²) in [6.07, 6.45) is -3.19. The van der Waals surface area contributed by atoms with Gasteiger partial charge in [0.2, 0.25) is 5.89 Å². The molecule has 1 aromatic heterocycles. The molecule has 0 aromatic carbocycles. The monoisotopic (exact) mass is 277 g/mol. The Labute approximate surface area is 108 Å². The molecule has 5 nitrogen and oxygen atoms in total. The SMILES string of the molecule is CC(CCC#N)c1nc(CCOCC(F)(F)F)no1. The summed E-state index contributed by atoms with van der Waals surface area (Å²) < 4.78 is 44.8. The van der Waals surface area contributed by atoms with Crippen molar-refractivity contribution in [3.05, 3.63) is 11.7 Å². The van der Waals surface area contributed by atoms with Crippen molar-refractivity contribution >= 4 is 0 Å². The Morgan fingerprint density at radius 2 is 2.21 bits per heavy atom. The van der Waals surface area contributed by atoms with E-state index in [9.17, 15) is 13.2 Å². The second-order valence-corrected chi connectivity index (χ2v) is 4.06. The van der Waals surface area contributed by atoms with Crippen LogP contribution in [0.4, 0.5) is 13.2 Å². The molecule has 0 N–H and O–H groups in total. The van der Waals surface area contributed by atoms with E-state index in [1.165, 1.54) is 0 Å². The minimum atomic E-state index is -4.33. The molecule has 1 heterocycles. The van der Waals surface area contributed by atoms with Crippen molar-refractivity contribution in [3.63, 3.8) is 0 Å². The van der Waals surface area contributed by atoms with E-state index in [1.54, 1.807) is 0 Å². The summed E-state index contributed by atoms with van der Waals surface area (Å²) in [5.41, 5.74) is 0. The molecule has 0 aliphatic heterocycles. The van der Waals surface area contributed by atoms with E-state index in [-0.39, 0.29) is 18.9 Å². The Morgan fingerprint density at radius 1 is 1.47 bits per heavy atom. The molecule has 0 saturated heterocycles. The van der Waals surface area contributed by atoms with E-state index < -0.39 is 12.8 Å². The summed E-state index contributed by atoms with van der Waals surface area (Å²) in [5.74, 6) is 0.652. The van der Waals surface area contributed by atoms with Crippen LogP contribution in [0.15, 0.2) is 4.52 Å².